The summed E-state index contributed by atoms with van der Waals surface area (Å²) >= 11 is 0. The number of nitrogens with two attached hydrogens (primary N) is 1. The summed E-state index contributed by atoms with van der Waals surface area (Å²) in [6.07, 6.45) is -0.684. The Balaban J connectivity index is 2.29. The number of hydrogen-bond donors (Lipinski definition) is 4. The summed E-state index contributed by atoms with van der Waals surface area (Å²) in [4.78, 5) is 0. The molecule has 1 aliphatic heterocycles. The summed E-state index contributed by atoms with van der Waals surface area (Å²) < 4.78 is 0. The van der Waals surface area contributed by atoms with Gasteiger partial charge in [-0.2, -0.15) is 0 Å². The maximum absolute atomic E-state index is 9.53. The molecule has 1 heterocycles. The van der Waals surface area contributed by atoms with Crippen LogP contribution in [0, 0.1) is 0 Å². The summed E-state index contributed by atoms with van der Waals surface area (Å²) in [5, 5.41) is 15.6. The fraction of sp³-hybridized carbons (Fsp3) is 0.333. The molecule has 13 heavy (non-hydrogen) atoms. The second-order valence-electron chi connectivity index (χ2n) is 3.18. The summed E-state index contributed by atoms with van der Waals surface area (Å²) in [5.74, 6) is 0. The zero-order valence-corrected chi connectivity index (χ0v) is 7.20. The Labute approximate surface area is 76.8 Å². The Kier molecular flexibility index (Phi) is 2.08. The quantitative estimate of drug-likeness (QED) is 0.458. The molecule has 0 aliphatic carbocycles. The highest BCUT2D eigenvalue weighted by atomic mass is 16.3. The van der Waals surface area contributed by atoms with Crippen molar-refractivity contribution in [3.63, 3.8) is 0 Å². The van der Waals surface area contributed by atoms with Crippen molar-refractivity contribution < 1.29 is 5.11 Å². The first-order valence-corrected chi connectivity index (χ1v) is 4.30. The number of benzene rings is 1. The number of hydrogen-bond acceptors (Lipinski definition) is 4. The standard InChI is InChI=1S/C9H13N3O/c10-6-5-11-7-3-1-2-4-8(7)12-9(6)13/h1-4,6,9,11-13H,5,10H2/t6-,9?/m0/s1. The Morgan fingerprint density at radius 1 is 1.31 bits per heavy atom. The van der Waals surface area contributed by atoms with Crippen molar-refractivity contribution in [2.24, 2.45) is 5.73 Å². The fourth-order valence-electron chi connectivity index (χ4n) is 1.37. The number of nitrogens with one attached hydrogen (secondary N) is 2. The van der Waals surface area contributed by atoms with Crippen LogP contribution in [0.15, 0.2) is 24.3 Å². The molecule has 0 amide bonds. The van der Waals surface area contributed by atoms with Crippen molar-refractivity contribution in [1.82, 2.24) is 0 Å². The lowest BCUT2D eigenvalue weighted by atomic mass is 10.2. The minimum atomic E-state index is -0.684. The molecule has 70 valence electrons. The molecule has 0 bridgehead atoms. The van der Waals surface area contributed by atoms with E-state index in [0.29, 0.717) is 6.54 Å². The van der Waals surface area contributed by atoms with E-state index >= 15 is 0 Å². The van der Waals surface area contributed by atoms with Gasteiger partial charge in [-0.15, -0.1) is 0 Å². The average Bonchev–Trinajstić information content (AvgIpc) is 2.28. The van der Waals surface area contributed by atoms with Crippen LogP contribution in [0.5, 0.6) is 0 Å². The lowest BCUT2D eigenvalue weighted by Gasteiger charge is -2.16. The van der Waals surface area contributed by atoms with Crippen LogP contribution in [-0.4, -0.2) is 23.9 Å². The van der Waals surface area contributed by atoms with E-state index in [1.54, 1.807) is 0 Å². The molecule has 0 radical (unpaired) electrons. The first-order chi connectivity index (χ1) is 6.27. The number of aliphatic hydroxyl groups is 1. The Hall–Kier alpha value is -1.26. The van der Waals surface area contributed by atoms with E-state index in [-0.39, 0.29) is 6.04 Å². The third-order valence-corrected chi connectivity index (χ3v) is 2.16. The first kappa shape index (κ1) is 8.34. The smallest absolute Gasteiger partial charge is 0.141 e. The zero-order chi connectivity index (χ0) is 9.26. The second kappa shape index (κ2) is 3.24. The van der Waals surface area contributed by atoms with Gasteiger partial charge in [-0.05, 0) is 12.1 Å². The molecule has 0 aromatic heterocycles. The molecule has 2 rings (SSSR count). The van der Waals surface area contributed by atoms with Crippen molar-refractivity contribution in [2.45, 2.75) is 12.3 Å². The van der Waals surface area contributed by atoms with Gasteiger partial charge in [-0.25, -0.2) is 0 Å². The third kappa shape index (κ3) is 1.59. The van der Waals surface area contributed by atoms with Crippen LogP contribution in [0.3, 0.4) is 0 Å². The van der Waals surface area contributed by atoms with E-state index in [0.717, 1.165) is 11.4 Å². The molecule has 0 fully saturated rings. The predicted octanol–water partition coefficient (Wildman–Crippen LogP) is 0.170. The molecular weight excluding hydrogens is 166 g/mol. The summed E-state index contributed by atoms with van der Waals surface area (Å²) in [6.45, 7) is 0.575. The van der Waals surface area contributed by atoms with Gasteiger partial charge in [0, 0.05) is 6.54 Å². The minimum Gasteiger partial charge on any atom is -0.382 e. The van der Waals surface area contributed by atoms with Gasteiger partial charge in [-0.1, -0.05) is 12.1 Å². The number of anilines is 2. The van der Waals surface area contributed by atoms with Gasteiger partial charge in [-0.3, -0.25) is 0 Å². The molecule has 0 saturated carbocycles. The van der Waals surface area contributed by atoms with Crippen LogP contribution in [0.25, 0.3) is 0 Å². The summed E-state index contributed by atoms with van der Waals surface area (Å²) in [7, 11) is 0. The monoisotopic (exact) mass is 179 g/mol. The maximum atomic E-state index is 9.53. The van der Waals surface area contributed by atoms with Gasteiger partial charge in [0.15, 0.2) is 0 Å². The molecule has 5 N–H and O–H groups in total. The predicted molar refractivity (Wildman–Crippen MR) is 52.5 cm³/mol. The largest absolute Gasteiger partial charge is 0.382 e. The van der Waals surface area contributed by atoms with Crippen LogP contribution in [-0.2, 0) is 0 Å². The van der Waals surface area contributed by atoms with Gasteiger partial charge < -0.3 is 21.5 Å². The number of aliphatic hydroxyl groups excluding tert-OH is 1. The average molecular weight is 179 g/mol. The van der Waals surface area contributed by atoms with Crippen molar-refractivity contribution >= 4 is 11.4 Å². The van der Waals surface area contributed by atoms with Crippen molar-refractivity contribution in [1.29, 1.82) is 0 Å². The van der Waals surface area contributed by atoms with Crippen LogP contribution < -0.4 is 16.4 Å². The van der Waals surface area contributed by atoms with Crippen LogP contribution in [0.2, 0.25) is 0 Å². The van der Waals surface area contributed by atoms with Gasteiger partial charge in [0.25, 0.3) is 0 Å². The molecule has 2 atom stereocenters. The highest BCUT2D eigenvalue weighted by molar-refractivity contribution is 5.69. The Morgan fingerprint density at radius 2 is 2.00 bits per heavy atom. The number of para-hydroxylation sites is 2. The highest BCUT2D eigenvalue weighted by Crippen LogP contribution is 2.23. The van der Waals surface area contributed by atoms with Gasteiger partial charge in [0.2, 0.25) is 0 Å². The van der Waals surface area contributed by atoms with Crippen molar-refractivity contribution in [2.75, 3.05) is 17.2 Å². The van der Waals surface area contributed by atoms with Gasteiger partial charge in [0.1, 0.15) is 6.23 Å². The van der Waals surface area contributed by atoms with Crippen LogP contribution in [0.1, 0.15) is 0 Å². The minimum absolute atomic E-state index is 0.285. The molecule has 1 aromatic rings. The second-order valence-corrected chi connectivity index (χ2v) is 3.18. The maximum Gasteiger partial charge on any atom is 0.141 e. The Bertz CT molecular complexity index is 303. The molecule has 1 aliphatic rings. The number of rotatable bonds is 0. The zero-order valence-electron chi connectivity index (χ0n) is 7.20. The summed E-state index contributed by atoms with van der Waals surface area (Å²) in [5.41, 5.74) is 7.56. The SMILES string of the molecule is N[C@H]1CNc2ccccc2NC1O. The van der Waals surface area contributed by atoms with E-state index in [4.69, 9.17) is 5.73 Å². The van der Waals surface area contributed by atoms with Crippen molar-refractivity contribution in [3.8, 4) is 0 Å². The molecule has 4 nitrogen and oxygen atoms in total. The molecular formula is C9H13N3O. The Morgan fingerprint density at radius 3 is 2.77 bits per heavy atom. The lowest BCUT2D eigenvalue weighted by Crippen LogP contribution is -2.42. The molecule has 0 saturated heterocycles. The number of fused-ring (bicyclic) bond motifs is 1. The highest BCUT2D eigenvalue weighted by Gasteiger charge is 2.19. The normalized spacial score (nSPS) is 26.6. The first-order valence-electron chi connectivity index (χ1n) is 4.30. The van der Waals surface area contributed by atoms with Gasteiger partial charge >= 0.3 is 0 Å². The van der Waals surface area contributed by atoms with E-state index < -0.39 is 6.23 Å². The molecule has 4 heteroatoms. The fourth-order valence-corrected chi connectivity index (χ4v) is 1.37. The molecule has 1 aromatic carbocycles. The third-order valence-electron chi connectivity index (χ3n) is 2.16. The van der Waals surface area contributed by atoms with Crippen LogP contribution >= 0.6 is 0 Å². The van der Waals surface area contributed by atoms with E-state index in [1.165, 1.54) is 0 Å². The topological polar surface area (TPSA) is 70.3 Å². The molecule has 1 unspecified atom stereocenters. The summed E-state index contributed by atoms with van der Waals surface area (Å²) in [6, 6.07) is 7.43. The van der Waals surface area contributed by atoms with E-state index in [2.05, 4.69) is 10.6 Å². The van der Waals surface area contributed by atoms with Crippen molar-refractivity contribution in [3.05, 3.63) is 24.3 Å². The lowest BCUT2D eigenvalue weighted by molar-refractivity contribution is 0.178. The van der Waals surface area contributed by atoms with Gasteiger partial charge in [0.05, 0.1) is 17.4 Å². The van der Waals surface area contributed by atoms with Crippen LogP contribution in [0.4, 0.5) is 11.4 Å². The van der Waals surface area contributed by atoms with E-state index in [9.17, 15) is 5.11 Å². The van der Waals surface area contributed by atoms with E-state index in [1.807, 2.05) is 24.3 Å². The molecule has 0 spiro atoms.